The highest BCUT2D eigenvalue weighted by atomic mass is 35.5. The van der Waals surface area contributed by atoms with E-state index in [1.807, 2.05) is 32.0 Å². The highest BCUT2D eigenvalue weighted by molar-refractivity contribution is 7.18. The SMILES string of the molecule is CCOC(=O)c1sc(-c2ccc(Cl)c(C)c2)c(C)c1N. The molecule has 0 atom stereocenters. The fourth-order valence-corrected chi connectivity index (χ4v) is 3.17. The van der Waals surface area contributed by atoms with Gasteiger partial charge in [0, 0.05) is 9.90 Å². The number of rotatable bonds is 3. The molecule has 0 saturated carbocycles. The lowest BCUT2D eigenvalue weighted by atomic mass is 10.1. The number of anilines is 1. The van der Waals surface area contributed by atoms with Crippen LogP contribution in [-0.4, -0.2) is 12.6 Å². The van der Waals surface area contributed by atoms with Crippen molar-refractivity contribution in [3.05, 3.63) is 39.2 Å². The first-order valence-corrected chi connectivity index (χ1v) is 7.47. The standard InChI is InChI=1S/C15H16ClNO2S/c1-4-19-15(18)14-12(17)9(3)13(20-14)10-5-6-11(16)8(2)7-10/h5-7H,4,17H2,1-3H3. The van der Waals surface area contributed by atoms with E-state index in [1.165, 1.54) is 11.3 Å². The topological polar surface area (TPSA) is 52.3 Å². The second-order valence-electron chi connectivity index (χ2n) is 4.48. The van der Waals surface area contributed by atoms with Crippen LogP contribution in [0.15, 0.2) is 18.2 Å². The average Bonchev–Trinajstić information content (AvgIpc) is 2.70. The van der Waals surface area contributed by atoms with E-state index in [4.69, 9.17) is 22.1 Å². The molecule has 1 aromatic heterocycles. The Balaban J connectivity index is 2.50. The molecule has 0 radical (unpaired) electrons. The van der Waals surface area contributed by atoms with E-state index in [0.29, 0.717) is 17.2 Å². The summed E-state index contributed by atoms with van der Waals surface area (Å²) in [7, 11) is 0. The third-order valence-electron chi connectivity index (χ3n) is 3.07. The summed E-state index contributed by atoms with van der Waals surface area (Å²) in [6.45, 7) is 5.97. The van der Waals surface area contributed by atoms with Gasteiger partial charge < -0.3 is 10.5 Å². The summed E-state index contributed by atoms with van der Waals surface area (Å²) in [6.07, 6.45) is 0. The van der Waals surface area contributed by atoms with Gasteiger partial charge in [-0.3, -0.25) is 0 Å². The fraction of sp³-hybridized carbons (Fsp3) is 0.267. The molecule has 1 aromatic carbocycles. The lowest BCUT2D eigenvalue weighted by Crippen LogP contribution is -2.05. The van der Waals surface area contributed by atoms with Gasteiger partial charge in [0.1, 0.15) is 4.88 Å². The first-order chi connectivity index (χ1) is 9.45. The Kier molecular flexibility index (Phi) is 4.35. The number of ether oxygens (including phenoxy) is 1. The van der Waals surface area contributed by atoms with Gasteiger partial charge in [-0.25, -0.2) is 4.79 Å². The van der Waals surface area contributed by atoms with Crippen molar-refractivity contribution in [3.8, 4) is 10.4 Å². The maximum Gasteiger partial charge on any atom is 0.350 e. The molecule has 0 amide bonds. The van der Waals surface area contributed by atoms with E-state index < -0.39 is 0 Å². The maximum absolute atomic E-state index is 11.9. The molecule has 5 heteroatoms. The number of nitrogens with two attached hydrogens (primary N) is 1. The zero-order valence-corrected chi connectivity index (χ0v) is 13.2. The van der Waals surface area contributed by atoms with E-state index in [-0.39, 0.29) is 5.97 Å². The first-order valence-electron chi connectivity index (χ1n) is 6.28. The number of esters is 1. The number of aryl methyl sites for hydroxylation is 1. The number of benzene rings is 1. The minimum Gasteiger partial charge on any atom is -0.462 e. The molecule has 0 aliphatic rings. The van der Waals surface area contributed by atoms with Crippen molar-refractivity contribution in [1.29, 1.82) is 0 Å². The van der Waals surface area contributed by atoms with Gasteiger partial charge in [-0.2, -0.15) is 0 Å². The van der Waals surface area contributed by atoms with Gasteiger partial charge >= 0.3 is 5.97 Å². The largest absolute Gasteiger partial charge is 0.462 e. The smallest absolute Gasteiger partial charge is 0.350 e. The lowest BCUT2D eigenvalue weighted by molar-refractivity contribution is 0.0533. The minimum absolute atomic E-state index is 0.338. The molecule has 20 heavy (non-hydrogen) atoms. The number of carbonyl (C=O) groups is 1. The number of thiophene rings is 1. The van der Waals surface area contributed by atoms with Gasteiger partial charge in [0.05, 0.1) is 12.3 Å². The number of hydrogen-bond acceptors (Lipinski definition) is 4. The van der Waals surface area contributed by atoms with Crippen molar-refractivity contribution in [2.24, 2.45) is 0 Å². The van der Waals surface area contributed by atoms with Gasteiger partial charge in [-0.15, -0.1) is 11.3 Å². The molecule has 0 fully saturated rings. The zero-order valence-electron chi connectivity index (χ0n) is 11.6. The lowest BCUT2D eigenvalue weighted by Gasteiger charge is -2.03. The van der Waals surface area contributed by atoms with Gasteiger partial charge in [0.25, 0.3) is 0 Å². The highest BCUT2D eigenvalue weighted by Gasteiger charge is 2.20. The predicted octanol–water partition coefficient (Wildman–Crippen LogP) is 4.44. The molecule has 0 aliphatic carbocycles. The second-order valence-corrected chi connectivity index (χ2v) is 5.91. The summed E-state index contributed by atoms with van der Waals surface area (Å²) in [5.74, 6) is -0.366. The molecule has 2 rings (SSSR count). The van der Waals surface area contributed by atoms with Crippen molar-refractivity contribution in [1.82, 2.24) is 0 Å². The molecule has 0 unspecified atom stereocenters. The second kappa shape index (κ2) is 5.85. The molecule has 0 spiro atoms. The summed E-state index contributed by atoms with van der Waals surface area (Å²) >= 11 is 7.40. The van der Waals surface area contributed by atoms with Crippen LogP contribution in [0.1, 0.15) is 27.7 Å². The van der Waals surface area contributed by atoms with E-state index >= 15 is 0 Å². The minimum atomic E-state index is -0.366. The number of nitrogen functional groups attached to an aromatic ring is 1. The number of hydrogen-bond donors (Lipinski definition) is 1. The normalized spacial score (nSPS) is 10.6. The average molecular weight is 310 g/mol. The van der Waals surface area contributed by atoms with Crippen LogP contribution >= 0.6 is 22.9 Å². The van der Waals surface area contributed by atoms with Gasteiger partial charge in [0.2, 0.25) is 0 Å². The molecular weight excluding hydrogens is 294 g/mol. The Hall–Kier alpha value is -1.52. The molecule has 106 valence electrons. The van der Waals surface area contributed by atoms with Crippen LogP contribution < -0.4 is 5.73 Å². The van der Waals surface area contributed by atoms with Crippen LogP contribution in [0.25, 0.3) is 10.4 Å². The third-order valence-corrected chi connectivity index (χ3v) is 4.84. The Bertz CT molecular complexity index is 664. The van der Waals surface area contributed by atoms with Crippen LogP contribution in [0.4, 0.5) is 5.69 Å². The van der Waals surface area contributed by atoms with Gasteiger partial charge in [0.15, 0.2) is 0 Å². The molecule has 2 aromatic rings. The summed E-state index contributed by atoms with van der Waals surface area (Å²) < 4.78 is 5.03. The van der Waals surface area contributed by atoms with Crippen molar-refractivity contribution in [2.45, 2.75) is 20.8 Å². The number of carbonyl (C=O) groups excluding carboxylic acids is 1. The Labute approximate surface area is 127 Å². The van der Waals surface area contributed by atoms with Crippen LogP contribution in [0, 0.1) is 13.8 Å². The van der Waals surface area contributed by atoms with Crippen LogP contribution in [0.3, 0.4) is 0 Å². The summed E-state index contributed by atoms with van der Waals surface area (Å²) in [6, 6.07) is 5.78. The van der Waals surface area contributed by atoms with Crippen molar-refractivity contribution >= 4 is 34.6 Å². The van der Waals surface area contributed by atoms with Crippen molar-refractivity contribution < 1.29 is 9.53 Å². The van der Waals surface area contributed by atoms with Gasteiger partial charge in [-0.05, 0) is 49.6 Å². The quantitative estimate of drug-likeness (QED) is 0.852. The Morgan fingerprint density at radius 1 is 1.40 bits per heavy atom. The molecule has 0 saturated heterocycles. The molecule has 0 bridgehead atoms. The van der Waals surface area contributed by atoms with E-state index in [2.05, 4.69) is 0 Å². The monoisotopic (exact) mass is 309 g/mol. The van der Waals surface area contributed by atoms with Gasteiger partial charge in [-0.1, -0.05) is 17.7 Å². The third kappa shape index (κ3) is 2.67. The van der Waals surface area contributed by atoms with Crippen LogP contribution in [0.2, 0.25) is 5.02 Å². The molecule has 0 aliphatic heterocycles. The summed E-state index contributed by atoms with van der Waals surface area (Å²) in [5, 5.41) is 0.724. The Morgan fingerprint density at radius 3 is 2.70 bits per heavy atom. The molecular formula is C15H16ClNO2S. The maximum atomic E-state index is 11.9. The van der Waals surface area contributed by atoms with E-state index in [9.17, 15) is 4.79 Å². The summed E-state index contributed by atoms with van der Waals surface area (Å²) in [4.78, 5) is 13.3. The van der Waals surface area contributed by atoms with Crippen molar-refractivity contribution in [3.63, 3.8) is 0 Å². The number of halogens is 1. The molecule has 1 heterocycles. The van der Waals surface area contributed by atoms with E-state index in [0.717, 1.165) is 26.6 Å². The highest BCUT2D eigenvalue weighted by Crippen LogP contribution is 2.39. The summed E-state index contributed by atoms with van der Waals surface area (Å²) in [5.41, 5.74) is 9.43. The first kappa shape index (κ1) is 14.9. The van der Waals surface area contributed by atoms with Crippen LogP contribution in [-0.2, 0) is 4.74 Å². The predicted molar refractivity (Wildman–Crippen MR) is 84.6 cm³/mol. The molecule has 2 N–H and O–H groups in total. The van der Waals surface area contributed by atoms with E-state index in [1.54, 1.807) is 6.92 Å². The van der Waals surface area contributed by atoms with Crippen LogP contribution in [0.5, 0.6) is 0 Å². The Morgan fingerprint density at radius 2 is 2.10 bits per heavy atom. The zero-order chi connectivity index (χ0) is 14.9. The molecule has 3 nitrogen and oxygen atoms in total. The van der Waals surface area contributed by atoms with Crippen molar-refractivity contribution in [2.75, 3.05) is 12.3 Å². The fourth-order valence-electron chi connectivity index (χ4n) is 1.94.